The first-order valence-electron chi connectivity index (χ1n) is 5.65. The first-order valence-corrected chi connectivity index (χ1v) is 6.03. The smallest absolute Gasteiger partial charge is 0.153 e. The second-order valence-corrected chi connectivity index (χ2v) is 4.33. The molecule has 1 aromatic carbocycles. The van der Waals surface area contributed by atoms with Gasteiger partial charge in [-0.15, -0.1) is 0 Å². The van der Waals surface area contributed by atoms with Crippen LogP contribution in [0.5, 0.6) is 0 Å². The average Bonchev–Trinajstić information content (AvgIpc) is 2.29. The van der Waals surface area contributed by atoms with Crippen LogP contribution in [0.4, 0.5) is 5.69 Å². The molecule has 3 heteroatoms. The number of hydrogen-bond donors (Lipinski definition) is 0. The maximum absolute atomic E-state index is 11.0. The Balaban J connectivity index is 2.78. The van der Waals surface area contributed by atoms with Gasteiger partial charge in [0.1, 0.15) is 0 Å². The Morgan fingerprint density at radius 2 is 2.12 bits per heavy atom. The molecule has 0 saturated carbocycles. The molecule has 0 spiro atoms. The predicted octanol–water partition coefficient (Wildman–Crippen LogP) is 3.78. The van der Waals surface area contributed by atoms with Crippen molar-refractivity contribution in [2.24, 2.45) is 0 Å². The van der Waals surface area contributed by atoms with Crippen LogP contribution in [0.25, 0.3) is 0 Å². The van der Waals surface area contributed by atoms with Crippen molar-refractivity contribution in [2.75, 3.05) is 18.5 Å². The first-order chi connectivity index (χ1) is 7.70. The standard InChI is InChI=1S/C13H18ClNO/c1-3-4-5-9-15(2)13-8-6-7-12(14)11(13)10-16/h6-8,10H,3-5,9H2,1-2H3. The highest BCUT2D eigenvalue weighted by molar-refractivity contribution is 6.33. The summed E-state index contributed by atoms with van der Waals surface area (Å²) < 4.78 is 0. The molecule has 0 atom stereocenters. The Kier molecular flexibility index (Phi) is 5.33. The lowest BCUT2D eigenvalue weighted by Gasteiger charge is -2.21. The number of rotatable bonds is 6. The summed E-state index contributed by atoms with van der Waals surface area (Å²) in [5, 5.41) is 0.523. The fourth-order valence-electron chi connectivity index (χ4n) is 1.69. The quantitative estimate of drug-likeness (QED) is 0.556. The third-order valence-electron chi connectivity index (χ3n) is 2.66. The number of hydrogen-bond acceptors (Lipinski definition) is 2. The van der Waals surface area contributed by atoms with Crippen LogP contribution in [-0.4, -0.2) is 19.9 Å². The zero-order valence-electron chi connectivity index (χ0n) is 9.87. The Labute approximate surface area is 102 Å². The zero-order chi connectivity index (χ0) is 12.0. The number of carbonyl (C=O) groups excluding carboxylic acids is 1. The maximum atomic E-state index is 11.0. The number of benzene rings is 1. The van der Waals surface area contributed by atoms with E-state index in [9.17, 15) is 4.79 Å². The van der Waals surface area contributed by atoms with Crippen molar-refractivity contribution in [3.05, 3.63) is 28.8 Å². The van der Waals surface area contributed by atoms with Crippen LogP contribution in [0.2, 0.25) is 5.02 Å². The van der Waals surface area contributed by atoms with Gasteiger partial charge in [0.15, 0.2) is 6.29 Å². The highest BCUT2D eigenvalue weighted by atomic mass is 35.5. The summed E-state index contributed by atoms with van der Waals surface area (Å²) in [6.07, 6.45) is 4.37. The van der Waals surface area contributed by atoms with E-state index in [4.69, 9.17) is 11.6 Å². The van der Waals surface area contributed by atoms with Crippen LogP contribution < -0.4 is 4.90 Å². The molecule has 1 rings (SSSR count). The summed E-state index contributed by atoms with van der Waals surface area (Å²) in [5.41, 5.74) is 1.50. The van der Waals surface area contributed by atoms with E-state index in [2.05, 4.69) is 11.8 Å². The van der Waals surface area contributed by atoms with Crippen LogP contribution in [0.3, 0.4) is 0 Å². The van der Waals surface area contributed by atoms with E-state index in [1.54, 1.807) is 6.07 Å². The van der Waals surface area contributed by atoms with Gasteiger partial charge in [-0.05, 0) is 18.6 Å². The SMILES string of the molecule is CCCCCN(C)c1cccc(Cl)c1C=O. The molecule has 0 aliphatic heterocycles. The number of halogens is 1. The highest BCUT2D eigenvalue weighted by Gasteiger charge is 2.09. The van der Waals surface area contributed by atoms with Crippen molar-refractivity contribution in [1.82, 2.24) is 0 Å². The fraction of sp³-hybridized carbons (Fsp3) is 0.462. The van der Waals surface area contributed by atoms with Crippen molar-refractivity contribution in [3.63, 3.8) is 0 Å². The minimum Gasteiger partial charge on any atom is -0.374 e. The van der Waals surface area contributed by atoms with Gasteiger partial charge in [-0.2, -0.15) is 0 Å². The summed E-state index contributed by atoms with van der Waals surface area (Å²) in [6, 6.07) is 5.55. The highest BCUT2D eigenvalue weighted by Crippen LogP contribution is 2.25. The van der Waals surface area contributed by atoms with Gasteiger partial charge >= 0.3 is 0 Å². The average molecular weight is 240 g/mol. The molecule has 0 heterocycles. The van der Waals surface area contributed by atoms with Gasteiger partial charge in [0.05, 0.1) is 10.6 Å². The number of anilines is 1. The number of nitrogens with zero attached hydrogens (tertiary/aromatic N) is 1. The third kappa shape index (κ3) is 3.24. The molecule has 16 heavy (non-hydrogen) atoms. The molecule has 0 bridgehead atoms. The Morgan fingerprint density at radius 3 is 2.75 bits per heavy atom. The molecule has 1 aromatic rings. The molecule has 0 aromatic heterocycles. The third-order valence-corrected chi connectivity index (χ3v) is 2.99. The Morgan fingerprint density at radius 1 is 1.38 bits per heavy atom. The lowest BCUT2D eigenvalue weighted by atomic mass is 10.1. The minimum absolute atomic E-state index is 0.523. The number of aldehydes is 1. The van der Waals surface area contributed by atoms with Gasteiger partial charge in [-0.25, -0.2) is 0 Å². The van der Waals surface area contributed by atoms with Crippen molar-refractivity contribution in [2.45, 2.75) is 26.2 Å². The van der Waals surface area contributed by atoms with Crippen molar-refractivity contribution < 1.29 is 4.79 Å². The van der Waals surface area contributed by atoms with E-state index >= 15 is 0 Å². The maximum Gasteiger partial charge on any atom is 0.153 e. The molecule has 0 N–H and O–H groups in total. The summed E-state index contributed by atoms with van der Waals surface area (Å²) in [6.45, 7) is 3.13. The van der Waals surface area contributed by atoms with Crippen LogP contribution in [0.1, 0.15) is 36.5 Å². The van der Waals surface area contributed by atoms with E-state index in [1.807, 2.05) is 19.2 Å². The molecule has 0 aliphatic carbocycles. The lowest BCUT2D eigenvalue weighted by Crippen LogP contribution is -2.19. The van der Waals surface area contributed by atoms with Gasteiger partial charge < -0.3 is 4.90 Å². The number of carbonyl (C=O) groups is 1. The van der Waals surface area contributed by atoms with Crippen LogP contribution >= 0.6 is 11.6 Å². The molecule has 2 nitrogen and oxygen atoms in total. The predicted molar refractivity (Wildman–Crippen MR) is 69.6 cm³/mol. The molecule has 0 aliphatic rings. The molecule has 0 amide bonds. The van der Waals surface area contributed by atoms with E-state index < -0.39 is 0 Å². The largest absolute Gasteiger partial charge is 0.374 e. The summed E-state index contributed by atoms with van der Waals surface area (Å²) >= 11 is 5.98. The molecule has 0 saturated heterocycles. The van der Waals surface area contributed by atoms with Crippen LogP contribution in [-0.2, 0) is 0 Å². The Hall–Kier alpha value is -1.02. The van der Waals surface area contributed by atoms with E-state index in [-0.39, 0.29) is 0 Å². The number of unbranched alkanes of at least 4 members (excludes halogenated alkanes) is 2. The van der Waals surface area contributed by atoms with Gasteiger partial charge in [0.2, 0.25) is 0 Å². The zero-order valence-corrected chi connectivity index (χ0v) is 10.6. The van der Waals surface area contributed by atoms with E-state index in [0.717, 1.165) is 24.9 Å². The lowest BCUT2D eigenvalue weighted by molar-refractivity contribution is 0.112. The molecule has 88 valence electrons. The topological polar surface area (TPSA) is 20.3 Å². The van der Waals surface area contributed by atoms with Crippen molar-refractivity contribution in [1.29, 1.82) is 0 Å². The normalized spacial score (nSPS) is 10.2. The van der Waals surface area contributed by atoms with Crippen molar-refractivity contribution >= 4 is 23.6 Å². The second-order valence-electron chi connectivity index (χ2n) is 3.92. The molecular weight excluding hydrogens is 222 g/mol. The molecular formula is C13H18ClNO. The van der Waals surface area contributed by atoms with Gasteiger partial charge in [0.25, 0.3) is 0 Å². The monoisotopic (exact) mass is 239 g/mol. The summed E-state index contributed by atoms with van der Waals surface area (Å²) in [4.78, 5) is 13.1. The van der Waals surface area contributed by atoms with E-state index in [0.29, 0.717) is 10.6 Å². The Bertz CT molecular complexity index is 352. The molecule has 0 radical (unpaired) electrons. The van der Waals surface area contributed by atoms with Gasteiger partial charge in [-0.1, -0.05) is 37.4 Å². The first kappa shape index (κ1) is 13.0. The van der Waals surface area contributed by atoms with Gasteiger partial charge in [0, 0.05) is 19.3 Å². The van der Waals surface area contributed by atoms with E-state index in [1.165, 1.54) is 12.8 Å². The minimum atomic E-state index is 0.523. The van der Waals surface area contributed by atoms with Crippen LogP contribution in [0.15, 0.2) is 18.2 Å². The summed E-state index contributed by atoms with van der Waals surface area (Å²) in [7, 11) is 1.99. The summed E-state index contributed by atoms with van der Waals surface area (Å²) in [5.74, 6) is 0. The fourth-order valence-corrected chi connectivity index (χ4v) is 1.91. The van der Waals surface area contributed by atoms with Crippen molar-refractivity contribution in [3.8, 4) is 0 Å². The van der Waals surface area contributed by atoms with Crippen LogP contribution in [0, 0.1) is 0 Å². The van der Waals surface area contributed by atoms with Gasteiger partial charge in [-0.3, -0.25) is 4.79 Å². The molecule has 0 unspecified atom stereocenters. The second kappa shape index (κ2) is 6.54. The molecule has 0 fully saturated rings.